The smallest absolute Gasteiger partial charge is 0.224 e. The standard InChI is InChI=1S/C11H18N6O/c1-6-7-8(16(4)15-6)17(10(13)14-7)5-11(2,3)9(12)18/h5H2,1-4H3,(H2,12,18)(H2,13,14). The Kier molecular flexibility index (Phi) is 2.57. The highest BCUT2D eigenvalue weighted by atomic mass is 16.1. The monoisotopic (exact) mass is 250 g/mol. The predicted octanol–water partition coefficient (Wildman–Crippen LogP) is 0.172. The summed E-state index contributed by atoms with van der Waals surface area (Å²) in [5.41, 5.74) is 13.0. The number of hydrogen-bond acceptors (Lipinski definition) is 4. The highest BCUT2D eigenvalue weighted by Crippen LogP contribution is 2.25. The molecule has 0 saturated heterocycles. The second-order valence-corrected chi connectivity index (χ2v) is 5.19. The lowest BCUT2D eigenvalue weighted by atomic mass is 9.93. The molecule has 2 rings (SSSR count). The van der Waals surface area contributed by atoms with Crippen LogP contribution in [0.25, 0.3) is 11.2 Å². The molecule has 0 aliphatic carbocycles. The van der Waals surface area contributed by atoms with Gasteiger partial charge in [0.15, 0.2) is 5.65 Å². The average Bonchev–Trinajstić information content (AvgIpc) is 2.68. The van der Waals surface area contributed by atoms with Crippen LogP contribution in [0, 0.1) is 12.3 Å². The van der Waals surface area contributed by atoms with Gasteiger partial charge in [0.25, 0.3) is 0 Å². The van der Waals surface area contributed by atoms with Gasteiger partial charge in [0.05, 0.1) is 11.1 Å². The minimum atomic E-state index is -0.695. The number of nitrogen functional groups attached to an aromatic ring is 1. The number of amides is 1. The minimum Gasteiger partial charge on any atom is -0.369 e. The van der Waals surface area contributed by atoms with Crippen molar-refractivity contribution in [3.63, 3.8) is 0 Å². The molecule has 2 heterocycles. The number of anilines is 1. The number of nitrogens with two attached hydrogens (primary N) is 2. The zero-order valence-electron chi connectivity index (χ0n) is 11.1. The molecule has 2 aromatic heterocycles. The number of rotatable bonds is 3. The molecule has 98 valence electrons. The largest absolute Gasteiger partial charge is 0.369 e. The molecule has 2 aromatic rings. The summed E-state index contributed by atoms with van der Waals surface area (Å²) in [7, 11) is 1.82. The summed E-state index contributed by atoms with van der Waals surface area (Å²) < 4.78 is 3.49. The molecule has 0 atom stereocenters. The number of aryl methyl sites for hydroxylation is 2. The van der Waals surface area contributed by atoms with E-state index in [2.05, 4.69) is 10.1 Å². The fourth-order valence-electron chi connectivity index (χ4n) is 1.98. The molecule has 7 nitrogen and oxygen atoms in total. The fraction of sp³-hybridized carbons (Fsp3) is 0.545. The predicted molar refractivity (Wildman–Crippen MR) is 68.6 cm³/mol. The quantitative estimate of drug-likeness (QED) is 0.810. The van der Waals surface area contributed by atoms with Crippen LogP contribution in [-0.2, 0) is 18.4 Å². The Hall–Kier alpha value is -2.05. The SMILES string of the molecule is Cc1nn(C)c2c1nc(N)n2CC(C)(C)C(N)=O. The van der Waals surface area contributed by atoms with E-state index >= 15 is 0 Å². The van der Waals surface area contributed by atoms with Gasteiger partial charge >= 0.3 is 0 Å². The number of aromatic nitrogens is 4. The molecule has 0 bridgehead atoms. The molecule has 0 radical (unpaired) electrons. The normalized spacial score (nSPS) is 12.2. The van der Waals surface area contributed by atoms with Gasteiger partial charge in [-0.1, -0.05) is 0 Å². The number of carbonyl (C=O) groups excluding carboxylic acids is 1. The van der Waals surface area contributed by atoms with Gasteiger partial charge in [-0.15, -0.1) is 0 Å². The molecule has 1 amide bonds. The number of carbonyl (C=O) groups is 1. The van der Waals surface area contributed by atoms with Gasteiger partial charge < -0.3 is 11.5 Å². The van der Waals surface area contributed by atoms with Crippen molar-refractivity contribution in [3.05, 3.63) is 5.69 Å². The molecule has 4 N–H and O–H groups in total. The van der Waals surface area contributed by atoms with Crippen molar-refractivity contribution in [1.29, 1.82) is 0 Å². The van der Waals surface area contributed by atoms with Crippen LogP contribution in [0.4, 0.5) is 5.95 Å². The van der Waals surface area contributed by atoms with Gasteiger partial charge in [0, 0.05) is 13.6 Å². The highest BCUT2D eigenvalue weighted by Gasteiger charge is 2.28. The second-order valence-electron chi connectivity index (χ2n) is 5.19. The number of hydrogen-bond donors (Lipinski definition) is 2. The first kappa shape index (κ1) is 12.4. The summed E-state index contributed by atoms with van der Waals surface area (Å²) >= 11 is 0. The summed E-state index contributed by atoms with van der Waals surface area (Å²) in [4.78, 5) is 15.7. The van der Waals surface area contributed by atoms with Gasteiger partial charge in [0.2, 0.25) is 11.9 Å². The first-order valence-electron chi connectivity index (χ1n) is 5.69. The molecule has 0 saturated carbocycles. The molecular weight excluding hydrogens is 232 g/mol. The van der Waals surface area contributed by atoms with Crippen molar-refractivity contribution in [1.82, 2.24) is 19.3 Å². The van der Waals surface area contributed by atoms with E-state index in [0.717, 1.165) is 16.9 Å². The van der Waals surface area contributed by atoms with E-state index in [-0.39, 0.29) is 5.91 Å². The maximum absolute atomic E-state index is 11.4. The molecule has 0 fully saturated rings. The number of imidazole rings is 1. The second kappa shape index (κ2) is 3.72. The lowest BCUT2D eigenvalue weighted by molar-refractivity contribution is -0.126. The fourth-order valence-corrected chi connectivity index (χ4v) is 1.98. The van der Waals surface area contributed by atoms with E-state index < -0.39 is 5.41 Å². The maximum Gasteiger partial charge on any atom is 0.224 e. The molecule has 0 aromatic carbocycles. The van der Waals surface area contributed by atoms with Crippen molar-refractivity contribution in [3.8, 4) is 0 Å². The van der Waals surface area contributed by atoms with Gasteiger partial charge in [0.1, 0.15) is 5.52 Å². The summed E-state index contributed by atoms with van der Waals surface area (Å²) in [6, 6.07) is 0. The van der Waals surface area contributed by atoms with E-state index in [0.29, 0.717) is 12.5 Å². The third kappa shape index (κ3) is 1.71. The van der Waals surface area contributed by atoms with E-state index in [4.69, 9.17) is 11.5 Å². The van der Waals surface area contributed by atoms with E-state index in [1.807, 2.05) is 14.0 Å². The van der Waals surface area contributed by atoms with Crippen molar-refractivity contribution in [2.24, 2.45) is 18.2 Å². The Morgan fingerprint density at radius 2 is 2.06 bits per heavy atom. The summed E-state index contributed by atoms with van der Waals surface area (Å²) in [5, 5.41) is 4.29. The van der Waals surface area contributed by atoms with E-state index in [1.54, 1.807) is 23.1 Å². The molecule has 7 heteroatoms. The van der Waals surface area contributed by atoms with E-state index in [9.17, 15) is 4.79 Å². The van der Waals surface area contributed by atoms with Crippen LogP contribution in [0.3, 0.4) is 0 Å². The Morgan fingerprint density at radius 1 is 1.44 bits per heavy atom. The molecule has 0 aliphatic heterocycles. The van der Waals surface area contributed by atoms with Crippen molar-refractivity contribution in [2.75, 3.05) is 5.73 Å². The van der Waals surface area contributed by atoms with Gasteiger partial charge in [-0.25, -0.2) is 4.98 Å². The lowest BCUT2D eigenvalue weighted by Crippen LogP contribution is -2.35. The summed E-state index contributed by atoms with van der Waals surface area (Å²) in [6.45, 7) is 5.82. The average molecular weight is 250 g/mol. The summed E-state index contributed by atoms with van der Waals surface area (Å²) in [6.07, 6.45) is 0. The Labute approximate surface area is 105 Å². The maximum atomic E-state index is 11.4. The first-order valence-corrected chi connectivity index (χ1v) is 5.69. The van der Waals surface area contributed by atoms with Crippen LogP contribution in [0.15, 0.2) is 0 Å². The van der Waals surface area contributed by atoms with Crippen LogP contribution in [0.2, 0.25) is 0 Å². The minimum absolute atomic E-state index is 0.371. The van der Waals surface area contributed by atoms with Gasteiger partial charge in [-0.3, -0.25) is 14.0 Å². The Balaban J connectivity index is 2.57. The summed E-state index contributed by atoms with van der Waals surface area (Å²) in [5.74, 6) is -0.00179. The molecule has 0 aliphatic rings. The number of fused-ring (bicyclic) bond motifs is 1. The van der Waals surface area contributed by atoms with Crippen LogP contribution < -0.4 is 11.5 Å². The van der Waals surface area contributed by atoms with Gasteiger partial charge in [-0.2, -0.15) is 5.10 Å². The molecule has 0 spiro atoms. The number of primary amides is 1. The van der Waals surface area contributed by atoms with Crippen molar-refractivity contribution >= 4 is 23.0 Å². The van der Waals surface area contributed by atoms with Crippen molar-refractivity contribution < 1.29 is 4.79 Å². The highest BCUT2D eigenvalue weighted by molar-refractivity contribution is 5.81. The van der Waals surface area contributed by atoms with E-state index in [1.165, 1.54) is 0 Å². The van der Waals surface area contributed by atoms with Crippen LogP contribution in [-0.4, -0.2) is 25.2 Å². The lowest BCUT2D eigenvalue weighted by Gasteiger charge is -2.21. The third-order valence-corrected chi connectivity index (χ3v) is 3.14. The topological polar surface area (TPSA) is 105 Å². The molecule has 0 unspecified atom stereocenters. The number of nitrogens with zero attached hydrogens (tertiary/aromatic N) is 4. The first-order chi connectivity index (χ1) is 8.24. The van der Waals surface area contributed by atoms with Crippen molar-refractivity contribution in [2.45, 2.75) is 27.3 Å². The van der Waals surface area contributed by atoms with Gasteiger partial charge in [-0.05, 0) is 20.8 Å². The zero-order valence-corrected chi connectivity index (χ0v) is 11.1. The Bertz CT molecular complexity index is 621. The molecule has 18 heavy (non-hydrogen) atoms. The third-order valence-electron chi connectivity index (χ3n) is 3.14. The molecular formula is C11H18N6O. The van der Waals surface area contributed by atoms with Crippen LogP contribution in [0.5, 0.6) is 0 Å². The Morgan fingerprint density at radius 3 is 2.61 bits per heavy atom. The van der Waals surface area contributed by atoms with Crippen LogP contribution in [0.1, 0.15) is 19.5 Å². The van der Waals surface area contributed by atoms with Crippen LogP contribution >= 0.6 is 0 Å². The zero-order chi connectivity index (χ0) is 13.7.